The number of nitrogens with one attached hydrogen (secondary N) is 2. The zero-order valence-corrected chi connectivity index (χ0v) is 18.6. The fraction of sp³-hybridized carbons (Fsp3) is 0.240. The van der Waals surface area contributed by atoms with Gasteiger partial charge in [0.1, 0.15) is 0 Å². The SMILES string of the molecule is COc1cc2c(cc1OC)CN(C(=O)Nc1ccc(C(=O)NCc3ccccn3)cc1)CC2. The number of anilines is 1. The summed E-state index contributed by atoms with van der Waals surface area (Å²) in [5.41, 5.74) is 4.11. The van der Waals surface area contributed by atoms with E-state index in [4.69, 9.17) is 9.47 Å². The van der Waals surface area contributed by atoms with Gasteiger partial charge in [-0.3, -0.25) is 9.78 Å². The number of fused-ring (bicyclic) bond motifs is 1. The summed E-state index contributed by atoms with van der Waals surface area (Å²) in [6.07, 6.45) is 2.42. The topological polar surface area (TPSA) is 92.8 Å². The van der Waals surface area contributed by atoms with E-state index in [1.807, 2.05) is 30.3 Å². The van der Waals surface area contributed by atoms with Gasteiger partial charge >= 0.3 is 6.03 Å². The summed E-state index contributed by atoms with van der Waals surface area (Å²) in [4.78, 5) is 31.1. The van der Waals surface area contributed by atoms with Crippen molar-refractivity contribution in [2.75, 3.05) is 26.1 Å². The molecule has 0 spiro atoms. The van der Waals surface area contributed by atoms with Crippen LogP contribution >= 0.6 is 0 Å². The molecule has 3 amide bonds. The lowest BCUT2D eigenvalue weighted by molar-refractivity contribution is 0.0950. The first kappa shape index (κ1) is 22.1. The summed E-state index contributed by atoms with van der Waals surface area (Å²) in [5.74, 6) is 1.14. The molecule has 2 N–H and O–H groups in total. The van der Waals surface area contributed by atoms with Crippen molar-refractivity contribution in [1.29, 1.82) is 0 Å². The van der Waals surface area contributed by atoms with Crippen molar-refractivity contribution in [3.8, 4) is 11.5 Å². The van der Waals surface area contributed by atoms with Crippen LogP contribution in [-0.4, -0.2) is 42.6 Å². The molecule has 3 aromatic rings. The highest BCUT2D eigenvalue weighted by molar-refractivity contribution is 5.95. The minimum atomic E-state index is -0.199. The monoisotopic (exact) mass is 446 g/mol. The number of carbonyl (C=O) groups excluding carboxylic acids is 2. The smallest absolute Gasteiger partial charge is 0.322 e. The van der Waals surface area contributed by atoms with Crippen LogP contribution in [-0.2, 0) is 19.5 Å². The Labute approximate surface area is 192 Å². The standard InChI is InChI=1S/C25H26N4O4/c1-32-22-13-18-10-12-29(16-19(18)14-23(22)33-2)25(31)28-20-8-6-17(7-9-20)24(30)27-15-21-5-3-4-11-26-21/h3-9,11,13-14H,10,12,15-16H2,1-2H3,(H,27,30)(H,28,31). The number of nitrogens with zero attached hydrogens (tertiary/aromatic N) is 2. The molecule has 8 nitrogen and oxygen atoms in total. The van der Waals surface area contributed by atoms with Gasteiger partial charge in [-0.2, -0.15) is 0 Å². The Morgan fingerprint density at radius 3 is 2.39 bits per heavy atom. The van der Waals surface area contributed by atoms with Crippen molar-refractivity contribution in [3.05, 3.63) is 83.2 Å². The third kappa shape index (κ3) is 5.23. The predicted octanol–water partition coefficient (Wildman–Crippen LogP) is 3.62. The summed E-state index contributed by atoms with van der Waals surface area (Å²) >= 11 is 0. The van der Waals surface area contributed by atoms with Crippen LogP contribution in [0.1, 0.15) is 27.2 Å². The van der Waals surface area contributed by atoms with Crippen LogP contribution in [0.25, 0.3) is 0 Å². The highest BCUT2D eigenvalue weighted by Gasteiger charge is 2.23. The van der Waals surface area contributed by atoms with Gasteiger partial charge in [0.2, 0.25) is 0 Å². The normalized spacial score (nSPS) is 12.5. The largest absolute Gasteiger partial charge is 0.493 e. The molecule has 0 bridgehead atoms. The highest BCUT2D eigenvalue weighted by atomic mass is 16.5. The number of rotatable bonds is 6. The number of hydrogen-bond donors (Lipinski definition) is 2. The van der Waals surface area contributed by atoms with Gasteiger partial charge in [-0.15, -0.1) is 0 Å². The molecule has 0 saturated heterocycles. The Balaban J connectivity index is 1.35. The Morgan fingerprint density at radius 2 is 1.73 bits per heavy atom. The molecule has 33 heavy (non-hydrogen) atoms. The minimum Gasteiger partial charge on any atom is -0.493 e. The number of amides is 3. The quantitative estimate of drug-likeness (QED) is 0.603. The lowest BCUT2D eigenvalue weighted by Gasteiger charge is -2.29. The summed E-state index contributed by atoms with van der Waals surface area (Å²) in [5, 5.41) is 5.74. The van der Waals surface area contributed by atoms with E-state index in [0.29, 0.717) is 42.4 Å². The van der Waals surface area contributed by atoms with Crippen molar-refractivity contribution >= 4 is 17.6 Å². The zero-order chi connectivity index (χ0) is 23.2. The van der Waals surface area contributed by atoms with E-state index in [9.17, 15) is 9.59 Å². The number of methoxy groups -OCH3 is 2. The summed E-state index contributed by atoms with van der Waals surface area (Å²) in [6.45, 7) is 1.43. The van der Waals surface area contributed by atoms with Crippen molar-refractivity contribution in [2.24, 2.45) is 0 Å². The predicted molar refractivity (Wildman–Crippen MR) is 125 cm³/mol. The van der Waals surface area contributed by atoms with Crippen LogP contribution in [0.2, 0.25) is 0 Å². The molecule has 0 saturated carbocycles. The molecule has 0 fully saturated rings. The molecular formula is C25H26N4O4. The van der Waals surface area contributed by atoms with E-state index >= 15 is 0 Å². The number of hydrogen-bond acceptors (Lipinski definition) is 5. The molecule has 2 heterocycles. The van der Waals surface area contributed by atoms with E-state index in [1.165, 1.54) is 0 Å². The number of urea groups is 1. The van der Waals surface area contributed by atoms with E-state index in [0.717, 1.165) is 23.2 Å². The zero-order valence-electron chi connectivity index (χ0n) is 18.6. The van der Waals surface area contributed by atoms with Gasteiger partial charge in [-0.1, -0.05) is 6.07 Å². The Morgan fingerprint density at radius 1 is 1.00 bits per heavy atom. The van der Waals surface area contributed by atoms with E-state index in [2.05, 4.69) is 15.6 Å². The fourth-order valence-corrected chi connectivity index (χ4v) is 3.74. The lowest BCUT2D eigenvalue weighted by atomic mass is 9.99. The molecule has 8 heteroatoms. The Kier molecular flexibility index (Phi) is 6.73. The van der Waals surface area contributed by atoms with Crippen molar-refractivity contribution in [3.63, 3.8) is 0 Å². The van der Waals surface area contributed by atoms with Crippen LogP contribution in [0.3, 0.4) is 0 Å². The van der Waals surface area contributed by atoms with Crippen LogP contribution in [0.5, 0.6) is 11.5 Å². The van der Waals surface area contributed by atoms with Gasteiger partial charge in [0, 0.05) is 30.5 Å². The van der Waals surface area contributed by atoms with Crippen molar-refractivity contribution < 1.29 is 19.1 Å². The van der Waals surface area contributed by atoms with Gasteiger partial charge in [0.25, 0.3) is 5.91 Å². The van der Waals surface area contributed by atoms with E-state index in [-0.39, 0.29) is 11.9 Å². The second-order valence-corrected chi connectivity index (χ2v) is 7.66. The molecule has 0 atom stereocenters. The maximum atomic E-state index is 12.8. The van der Waals surface area contributed by atoms with E-state index < -0.39 is 0 Å². The maximum absolute atomic E-state index is 12.8. The van der Waals surface area contributed by atoms with Crippen LogP contribution < -0.4 is 20.1 Å². The van der Waals surface area contributed by atoms with Gasteiger partial charge in [-0.25, -0.2) is 4.79 Å². The highest BCUT2D eigenvalue weighted by Crippen LogP contribution is 2.33. The molecule has 170 valence electrons. The van der Waals surface area contributed by atoms with E-state index in [1.54, 1.807) is 49.6 Å². The lowest BCUT2D eigenvalue weighted by Crippen LogP contribution is -2.38. The number of aromatic nitrogens is 1. The third-order valence-corrected chi connectivity index (χ3v) is 5.56. The number of pyridine rings is 1. The van der Waals surface area contributed by atoms with Crippen LogP contribution in [0.15, 0.2) is 60.8 Å². The Hall–Kier alpha value is -4.07. The average Bonchev–Trinajstić information content (AvgIpc) is 2.87. The number of benzene rings is 2. The summed E-state index contributed by atoms with van der Waals surface area (Å²) in [6, 6.07) is 16.1. The van der Waals surface area contributed by atoms with Crippen molar-refractivity contribution in [1.82, 2.24) is 15.2 Å². The average molecular weight is 447 g/mol. The molecule has 1 aliphatic heterocycles. The van der Waals surface area contributed by atoms with Gasteiger partial charge in [0.05, 0.1) is 26.5 Å². The van der Waals surface area contributed by atoms with Crippen LogP contribution in [0, 0.1) is 0 Å². The summed E-state index contributed by atoms with van der Waals surface area (Å²) in [7, 11) is 3.21. The first-order valence-corrected chi connectivity index (χ1v) is 10.6. The molecule has 0 unspecified atom stereocenters. The second kappa shape index (κ2) is 10.0. The summed E-state index contributed by atoms with van der Waals surface area (Å²) < 4.78 is 10.8. The fourth-order valence-electron chi connectivity index (χ4n) is 3.74. The van der Waals surface area contributed by atoms with Crippen LogP contribution in [0.4, 0.5) is 10.5 Å². The molecule has 0 aliphatic carbocycles. The molecule has 1 aromatic heterocycles. The number of ether oxygens (including phenoxy) is 2. The molecular weight excluding hydrogens is 420 g/mol. The first-order chi connectivity index (χ1) is 16.1. The molecule has 4 rings (SSSR count). The third-order valence-electron chi connectivity index (χ3n) is 5.56. The second-order valence-electron chi connectivity index (χ2n) is 7.66. The van der Waals surface area contributed by atoms with Gasteiger partial charge < -0.3 is 25.0 Å². The minimum absolute atomic E-state index is 0.192. The van der Waals surface area contributed by atoms with Gasteiger partial charge in [0.15, 0.2) is 11.5 Å². The van der Waals surface area contributed by atoms with Gasteiger partial charge in [-0.05, 0) is 66.1 Å². The molecule has 0 radical (unpaired) electrons. The Bertz CT molecular complexity index is 1130. The first-order valence-electron chi connectivity index (χ1n) is 10.6. The number of carbonyl (C=O) groups is 2. The molecule has 2 aromatic carbocycles. The molecule has 1 aliphatic rings. The maximum Gasteiger partial charge on any atom is 0.322 e. The van der Waals surface area contributed by atoms with Crippen molar-refractivity contribution in [2.45, 2.75) is 19.5 Å².